The van der Waals surface area contributed by atoms with Crippen molar-refractivity contribution < 1.29 is 47.6 Å². The summed E-state index contributed by atoms with van der Waals surface area (Å²) in [5.41, 5.74) is -4.50. The number of esters is 1. The predicted octanol–water partition coefficient (Wildman–Crippen LogP) is 3.97. The fourth-order valence-corrected chi connectivity index (χ4v) is 8.66. The van der Waals surface area contributed by atoms with Gasteiger partial charge in [0, 0.05) is 44.9 Å². The zero-order valence-corrected chi connectivity index (χ0v) is 35.6. The molecule has 0 saturated carbocycles. The molecule has 3 saturated heterocycles. The van der Waals surface area contributed by atoms with Crippen LogP contribution in [0.1, 0.15) is 94.4 Å². The molecule has 0 aliphatic carbocycles. The van der Waals surface area contributed by atoms with Crippen LogP contribution in [0.3, 0.4) is 0 Å². The lowest BCUT2D eigenvalue weighted by molar-refractivity contribution is -0.289. The van der Waals surface area contributed by atoms with E-state index in [9.17, 15) is 19.5 Å². The number of hydrogen-bond acceptors (Lipinski definition) is 15. The van der Waals surface area contributed by atoms with Crippen LogP contribution in [-0.2, 0) is 39.8 Å². The van der Waals surface area contributed by atoms with E-state index >= 15 is 4.39 Å². The first-order valence-corrected chi connectivity index (χ1v) is 20.4. The summed E-state index contributed by atoms with van der Waals surface area (Å²) in [6, 6.07) is 2.24. The number of amides is 1. The van der Waals surface area contributed by atoms with Crippen molar-refractivity contribution >= 4 is 17.8 Å². The van der Waals surface area contributed by atoms with E-state index in [0.717, 1.165) is 6.92 Å². The van der Waals surface area contributed by atoms with Crippen molar-refractivity contribution in [1.82, 2.24) is 40.3 Å². The molecule has 18 heteroatoms. The number of fused-ring (bicyclic) bond motifs is 1. The largest absolute Gasteiger partial charge is 0.455 e. The van der Waals surface area contributed by atoms with Crippen molar-refractivity contribution in [3.05, 3.63) is 24.5 Å². The van der Waals surface area contributed by atoms with Crippen LogP contribution in [0.25, 0.3) is 11.4 Å². The van der Waals surface area contributed by atoms with E-state index in [1.165, 1.54) is 7.11 Å². The summed E-state index contributed by atoms with van der Waals surface area (Å²) >= 11 is 0. The Morgan fingerprint density at radius 3 is 2.44 bits per heavy atom. The predicted molar refractivity (Wildman–Crippen MR) is 216 cm³/mol. The van der Waals surface area contributed by atoms with E-state index in [4.69, 9.17) is 23.7 Å². The molecule has 12 atom stereocenters. The lowest BCUT2D eigenvalue weighted by Crippen LogP contribution is -2.61. The van der Waals surface area contributed by atoms with Crippen LogP contribution >= 0.6 is 0 Å². The first-order valence-electron chi connectivity index (χ1n) is 20.4. The van der Waals surface area contributed by atoms with Gasteiger partial charge in [0.25, 0.3) is 5.67 Å². The number of aliphatic hydroxyl groups excluding tert-OH is 1. The third kappa shape index (κ3) is 10.6. The molecule has 332 valence electrons. The number of ether oxygens (including phenoxy) is 5. The number of rotatable bonds is 11. The van der Waals surface area contributed by atoms with Gasteiger partial charge in [-0.2, -0.15) is 5.10 Å². The standard InChI is InChI=1S/C40H63FN8O9.CH4/c1-11-31-40(7)34(49(37(53)58-40)18-13-12-17-48-23-28(45-46-48)27-15-14-16-43-44-27)26(4)42-22-24(2)21-38(5,54-10)32(20-30(50)39(6,41)36(52)57-31)56-35-33(51)29(47(8)9)19-25(3)55-35;/h14-16,23-26,29,31-35,42,51H,11-13,17-22H2,1-10H3;1H4/t24-,25-,26-,29?,31-,32-,33?,34-,35+,38-,39?,40-;/m1./s1. The van der Waals surface area contributed by atoms with Crippen LogP contribution in [0.2, 0.25) is 0 Å². The molecule has 1 amide bonds. The Morgan fingerprint density at radius 1 is 1.08 bits per heavy atom. The minimum atomic E-state index is -3.10. The summed E-state index contributed by atoms with van der Waals surface area (Å²) in [7, 11) is 5.19. The number of carbonyl (C=O) groups excluding carboxylic acids is 3. The number of cyclic esters (lactones) is 1. The van der Waals surface area contributed by atoms with Gasteiger partial charge < -0.3 is 39.0 Å². The maximum Gasteiger partial charge on any atom is 0.410 e. The Kier molecular flexibility index (Phi) is 16.1. The highest BCUT2D eigenvalue weighted by Crippen LogP contribution is 2.40. The van der Waals surface area contributed by atoms with Crippen molar-refractivity contribution in [1.29, 1.82) is 0 Å². The second-order valence-electron chi connectivity index (χ2n) is 17.0. The number of halogens is 1. The topological polar surface area (TPSA) is 193 Å². The van der Waals surface area contributed by atoms with Gasteiger partial charge in [0.2, 0.25) is 0 Å². The summed E-state index contributed by atoms with van der Waals surface area (Å²) in [6.45, 7) is 13.2. The number of ketones is 1. The second-order valence-corrected chi connectivity index (χ2v) is 17.0. The summed E-state index contributed by atoms with van der Waals surface area (Å²) in [4.78, 5) is 45.0. The van der Waals surface area contributed by atoms with Gasteiger partial charge in [-0.3, -0.25) is 14.4 Å². The van der Waals surface area contributed by atoms with E-state index in [1.54, 1.807) is 54.9 Å². The molecule has 0 bridgehead atoms. The number of unbranched alkanes of at least 4 members (excludes halogenated alkanes) is 1. The Hall–Kier alpha value is -3.68. The molecule has 5 heterocycles. The number of aromatic nitrogens is 5. The van der Waals surface area contributed by atoms with Gasteiger partial charge in [0.05, 0.1) is 30.0 Å². The van der Waals surface area contributed by atoms with E-state index in [0.29, 0.717) is 56.7 Å². The Bertz CT molecular complexity index is 1700. The summed E-state index contributed by atoms with van der Waals surface area (Å²) in [6.07, 6.45) is -0.238. The van der Waals surface area contributed by atoms with E-state index in [2.05, 4.69) is 25.8 Å². The average Bonchev–Trinajstić information content (AvgIpc) is 3.76. The third-order valence-corrected chi connectivity index (χ3v) is 12.1. The molecule has 2 N–H and O–H groups in total. The van der Waals surface area contributed by atoms with Gasteiger partial charge in [0.1, 0.15) is 23.6 Å². The molecule has 0 spiro atoms. The van der Waals surface area contributed by atoms with Crippen LogP contribution in [0.4, 0.5) is 9.18 Å². The Morgan fingerprint density at radius 2 is 1.80 bits per heavy atom. The highest BCUT2D eigenvalue weighted by Gasteiger charge is 2.59. The van der Waals surface area contributed by atoms with Crippen LogP contribution < -0.4 is 5.32 Å². The summed E-state index contributed by atoms with van der Waals surface area (Å²) in [5, 5.41) is 31.3. The zero-order valence-electron chi connectivity index (χ0n) is 35.6. The molecular weight excluding hydrogens is 767 g/mol. The molecule has 3 aliphatic rings. The zero-order chi connectivity index (χ0) is 42.6. The van der Waals surface area contributed by atoms with Gasteiger partial charge in [0.15, 0.2) is 17.7 Å². The maximum absolute atomic E-state index is 16.7. The molecule has 0 aromatic carbocycles. The van der Waals surface area contributed by atoms with Crippen molar-refractivity contribution in [2.75, 3.05) is 34.3 Å². The number of alkyl halides is 1. The number of hydrogen-bond donors (Lipinski definition) is 2. The number of carbonyl (C=O) groups is 3. The summed E-state index contributed by atoms with van der Waals surface area (Å²) < 4.78 is 48.9. The van der Waals surface area contributed by atoms with E-state index < -0.39 is 77.8 Å². The number of aliphatic hydroxyl groups is 1. The molecule has 0 radical (unpaired) electrons. The van der Waals surface area contributed by atoms with E-state index in [1.807, 2.05) is 39.8 Å². The quantitative estimate of drug-likeness (QED) is 0.188. The maximum atomic E-state index is 16.7. The average molecular weight is 835 g/mol. The third-order valence-electron chi connectivity index (χ3n) is 12.1. The van der Waals surface area contributed by atoms with Gasteiger partial charge >= 0.3 is 12.1 Å². The van der Waals surface area contributed by atoms with Crippen LogP contribution in [0.5, 0.6) is 0 Å². The fourth-order valence-electron chi connectivity index (χ4n) is 8.66. The Balaban J connectivity index is 0.00000769. The molecule has 59 heavy (non-hydrogen) atoms. The second kappa shape index (κ2) is 19.8. The van der Waals surface area contributed by atoms with Gasteiger partial charge in [-0.05, 0) is 105 Å². The van der Waals surface area contributed by atoms with Crippen LogP contribution in [0, 0.1) is 5.92 Å². The molecule has 17 nitrogen and oxygen atoms in total. The number of aryl methyl sites for hydroxylation is 1. The van der Waals surface area contributed by atoms with Crippen molar-refractivity contribution in [2.24, 2.45) is 5.92 Å². The summed E-state index contributed by atoms with van der Waals surface area (Å²) in [5.74, 6) is -2.59. The molecule has 2 aromatic rings. The highest BCUT2D eigenvalue weighted by molar-refractivity contribution is 6.07. The number of Topliss-reactive ketones (excluding diaryl/α,β-unsaturated/α-hetero) is 1. The van der Waals surface area contributed by atoms with Gasteiger partial charge in [-0.1, -0.05) is 26.5 Å². The lowest BCUT2D eigenvalue weighted by atomic mass is 9.83. The molecule has 3 fully saturated rings. The fraction of sp³-hybridized carbons (Fsp3) is 0.780. The molecule has 3 unspecified atom stereocenters. The normalized spacial score (nSPS) is 36.3. The molecule has 3 aliphatic heterocycles. The number of nitrogens with one attached hydrogen (secondary N) is 1. The highest BCUT2D eigenvalue weighted by atomic mass is 19.1. The SMILES string of the molecule is C.CC[C@H]1OC(=O)C(C)(F)C(=O)C[C@@H](O[C@@H]2O[C@H](C)CC(N(C)C)C2O)[C@](C)(OC)C[C@@H](C)CN[C@H](C)[C@H]2N(CCCCn3cc(-c4cccnn4)nn3)C(=O)O[C@]12C. The Labute approximate surface area is 348 Å². The minimum absolute atomic E-state index is 0. The minimum Gasteiger partial charge on any atom is -0.455 e. The lowest BCUT2D eigenvalue weighted by Gasteiger charge is -2.45. The number of methoxy groups -OCH3 is 1. The smallest absolute Gasteiger partial charge is 0.410 e. The van der Waals surface area contributed by atoms with Crippen molar-refractivity contribution in [2.45, 2.75) is 167 Å². The first kappa shape index (κ1) is 48.0. The molecular formula is C41H67FN8O9. The van der Waals surface area contributed by atoms with Gasteiger partial charge in [-0.15, -0.1) is 10.2 Å². The van der Waals surface area contributed by atoms with Crippen molar-refractivity contribution in [3.8, 4) is 11.4 Å². The first-order chi connectivity index (χ1) is 27.3. The number of nitrogens with zero attached hydrogens (tertiary/aromatic N) is 7. The van der Waals surface area contributed by atoms with Crippen molar-refractivity contribution in [3.63, 3.8) is 0 Å². The number of likely N-dealkylation sites (N-methyl/N-ethyl adjacent to an activating group) is 1. The van der Waals surface area contributed by atoms with Crippen LogP contribution in [-0.4, -0.2) is 158 Å². The molecule has 5 rings (SSSR count). The van der Waals surface area contributed by atoms with Gasteiger partial charge in [-0.25, -0.2) is 14.0 Å². The van der Waals surface area contributed by atoms with E-state index in [-0.39, 0.29) is 31.9 Å². The van der Waals surface area contributed by atoms with Crippen LogP contribution in [0.15, 0.2) is 24.5 Å². The monoisotopic (exact) mass is 835 g/mol. The molecule has 2 aromatic heterocycles.